The van der Waals surface area contributed by atoms with E-state index in [9.17, 15) is 4.79 Å². The zero-order valence-electron chi connectivity index (χ0n) is 15.5. The van der Waals surface area contributed by atoms with Crippen molar-refractivity contribution in [1.82, 2.24) is 9.88 Å². The average molecular weight is 352 g/mol. The van der Waals surface area contributed by atoms with E-state index in [0.717, 1.165) is 12.3 Å². The summed E-state index contributed by atoms with van der Waals surface area (Å²) in [5, 5.41) is 1.41. The summed E-state index contributed by atoms with van der Waals surface area (Å²) in [6, 6.07) is 9.24. The van der Waals surface area contributed by atoms with Crippen molar-refractivity contribution in [2.45, 2.75) is 45.1 Å². The first-order valence-electron chi connectivity index (χ1n) is 10.2. The number of nitrogens with one attached hydrogen (secondary N) is 1. The predicted octanol–water partition coefficient (Wildman–Crippen LogP) is 4.07. The van der Waals surface area contributed by atoms with Gasteiger partial charge in [0.2, 0.25) is 0 Å². The van der Waals surface area contributed by atoms with Crippen LogP contribution in [0.25, 0.3) is 10.9 Å². The molecule has 1 aromatic carbocycles. The zero-order valence-corrected chi connectivity index (χ0v) is 15.5. The highest BCUT2D eigenvalue weighted by atomic mass is 16.5. The highest BCUT2D eigenvalue weighted by Crippen LogP contribution is 2.49. The second-order valence-corrected chi connectivity index (χ2v) is 8.48. The summed E-state index contributed by atoms with van der Waals surface area (Å²) < 4.78 is 5.42. The van der Waals surface area contributed by atoms with Crippen molar-refractivity contribution in [3.63, 3.8) is 0 Å². The van der Waals surface area contributed by atoms with Crippen molar-refractivity contribution in [2.24, 2.45) is 17.8 Å². The Bertz CT molecular complexity index is 827. The van der Waals surface area contributed by atoms with E-state index in [1.807, 2.05) is 0 Å². The smallest absolute Gasteiger partial charge is 0.302 e. The molecule has 1 aromatic heterocycles. The minimum Gasteiger partial charge on any atom is -0.466 e. The number of fused-ring (bicyclic) bond motifs is 6. The van der Waals surface area contributed by atoms with Gasteiger partial charge >= 0.3 is 5.97 Å². The van der Waals surface area contributed by atoms with Gasteiger partial charge in [-0.05, 0) is 55.1 Å². The molecule has 1 unspecified atom stereocenters. The summed E-state index contributed by atoms with van der Waals surface area (Å²) in [5.41, 5.74) is 4.27. The number of ether oxygens (including phenoxy) is 1. The quantitative estimate of drug-likeness (QED) is 0.829. The highest BCUT2D eigenvalue weighted by molar-refractivity contribution is 5.85. The number of esters is 1. The summed E-state index contributed by atoms with van der Waals surface area (Å²) in [5.74, 6) is 1.85. The lowest BCUT2D eigenvalue weighted by Gasteiger charge is -2.50. The summed E-state index contributed by atoms with van der Waals surface area (Å²) in [4.78, 5) is 17.8. The van der Waals surface area contributed by atoms with Crippen molar-refractivity contribution in [3.8, 4) is 0 Å². The summed E-state index contributed by atoms with van der Waals surface area (Å²) in [6.45, 7) is 4.53. The molecule has 5 rings (SSSR count). The van der Waals surface area contributed by atoms with Crippen LogP contribution in [-0.2, 0) is 16.0 Å². The Morgan fingerprint density at radius 3 is 3.08 bits per heavy atom. The van der Waals surface area contributed by atoms with E-state index in [1.54, 1.807) is 0 Å². The average Bonchev–Trinajstić information content (AvgIpc) is 3.04. The number of carbonyl (C=O) groups is 1. The van der Waals surface area contributed by atoms with Gasteiger partial charge in [0, 0.05) is 36.6 Å². The van der Waals surface area contributed by atoms with Crippen molar-refractivity contribution in [3.05, 3.63) is 35.5 Å². The van der Waals surface area contributed by atoms with Crippen LogP contribution in [0.15, 0.2) is 24.3 Å². The van der Waals surface area contributed by atoms with Crippen LogP contribution in [0.4, 0.5) is 0 Å². The number of carbonyl (C=O) groups excluding carboxylic acids is 1. The van der Waals surface area contributed by atoms with Crippen LogP contribution in [0.3, 0.4) is 0 Å². The molecule has 0 spiro atoms. The van der Waals surface area contributed by atoms with E-state index in [2.05, 4.69) is 34.1 Å². The van der Waals surface area contributed by atoms with Crippen LogP contribution in [0.2, 0.25) is 0 Å². The lowest BCUT2D eigenvalue weighted by molar-refractivity contribution is -0.144. The normalized spacial score (nSPS) is 31.1. The minimum absolute atomic E-state index is 0.139. The molecule has 3 aliphatic rings. The first kappa shape index (κ1) is 16.4. The number of benzene rings is 1. The maximum absolute atomic E-state index is 11.3. The fraction of sp³-hybridized carbons (Fsp3) is 0.591. The molecule has 0 bridgehead atoms. The van der Waals surface area contributed by atoms with Crippen LogP contribution >= 0.6 is 0 Å². The van der Waals surface area contributed by atoms with Gasteiger partial charge in [-0.15, -0.1) is 0 Å². The third-order valence-electron chi connectivity index (χ3n) is 7.10. The van der Waals surface area contributed by atoms with Gasteiger partial charge in [-0.25, -0.2) is 0 Å². The Balaban J connectivity index is 1.44. The number of aromatic nitrogens is 1. The third kappa shape index (κ3) is 2.66. The molecule has 1 saturated heterocycles. The largest absolute Gasteiger partial charge is 0.466 e. The van der Waals surface area contributed by atoms with E-state index in [4.69, 9.17) is 4.74 Å². The molecule has 26 heavy (non-hydrogen) atoms. The molecule has 1 N–H and O–H groups in total. The maximum atomic E-state index is 11.3. The molecule has 4 atom stereocenters. The SMILES string of the molecule is CC(=O)OC[C@H]1CCCC2CN3CCc4c([nH]c5ccccc45)[C@@H]3C[C@@H]21. The van der Waals surface area contributed by atoms with Gasteiger partial charge in [0.05, 0.1) is 12.6 Å². The molecular formula is C22H28N2O2. The molecule has 1 saturated carbocycles. The fourth-order valence-electron chi connectivity index (χ4n) is 5.91. The van der Waals surface area contributed by atoms with Gasteiger partial charge in [-0.2, -0.15) is 0 Å². The summed E-state index contributed by atoms with van der Waals surface area (Å²) >= 11 is 0. The van der Waals surface area contributed by atoms with Gasteiger partial charge in [-0.3, -0.25) is 9.69 Å². The molecule has 3 heterocycles. The molecule has 138 valence electrons. The second-order valence-electron chi connectivity index (χ2n) is 8.48. The number of nitrogens with zero attached hydrogens (tertiary/aromatic N) is 1. The monoisotopic (exact) mass is 352 g/mol. The van der Waals surface area contributed by atoms with Gasteiger partial charge in [-0.1, -0.05) is 24.6 Å². The van der Waals surface area contributed by atoms with E-state index in [1.165, 1.54) is 67.9 Å². The number of hydrogen-bond donors (Lipinski definition) is 1. The Labute approximate surface area is 154 Å². The lowest BCUT2D eigenvalue weighted by Crippen LogP contribution is -2.49. The van der Waals surface area contributed by atoms with Crippen LogP contribution in [0, 0.1) is 17.8 Å². The van der Waals surface area contributed by atoms with E-state index in [0.29, 0.717) is 24.5 Å². The standard InChI is InChI=1S/C22H28N2O2/c1-14(25)26-13-16-6-4-5-15-12-24-10-9-18-17-7-2-3-8-20(17)23-22(18)21(24)11-19(15)16/h2-3,7-8,15-16,19,21,23H,4-6,9-13H2,1H3/t15?,16-,19+,21+/m1/s1. The number of para-hydroxylation sites is 1. The first-order valence-corrected chi connectivity index (χ1v) is 10.2. The lowest BCUT2D eigenvalue weighted by atomic mass is 9.66. The van der Waals surface area contributed by atoms with Gasteiger partial charge in [0.1, 0.15) is 0 Å². The predicted molar refractivity (Wildman–Crippen MR) is 102 cm³/mol. The molecule has 2 aromatic rings. The van der Waals surface area contributed by atoms with Gasteiger partial charge < -0.3 is 9.72 Å². The minimum atomic E-state index is -0.139. The van der Waals surface area contributed by atoms with Gasteiger partial charge in [0.15, 0.2) is 0 Å². The topological polar surface area (TPSA) is 45.3 Å². The van der Waals surface area contributed by atoms with E-state index >= 15 is 0 Å². The van der Waals surface area contributed by atoms with Crippen molar-refractivity contribution >= 4 is 16.9 Å². The molecule has 2 aliphatic heterocycles. The number of H-pyrrole nitrogens is 1. The Morgan fingerprint density at radius 1 is 1.31 bits per heavy atom. The van der Waals surface area contributed by atoms with E-state index < -0.39 is 0 Å². The fourth-order valence-corrected chi connectivity index (χ4v) is 5.91. The summed E-state index contributed by atoms with van der Waals surface area (Å²) in [6.07, 6.45) is 6.19. The maximum Gasteiger partial charge on any atom is 0.302 e. The Morgan fingerprint density at radius 2 is 2.19 bits per heavy atom. The molecule has 1 aliphatic carbocycles. The van der Waals surface area contributed by atoms with E-state index in [-0.39, 0.29) is 5.97 Å². The number of aromatic amines is 1. The molecular weight excluding hydrogens is 324 g/mol. The Hall–Kier alpha value is -1.81. The first-order chi connectivity index (χ1) is 12.7. The Kier molecular flexibility index (Phi) is 4.04. The van der Waals surface area contributed by atoms with Crippen molar-refractivity contribution in [1.29, 1.82) is 0 Å². The van der Waals surface area contributed by atoms with Crippen LogP contribution < -0.4 is 0 Å². The molecule has 4 heteroatoms. The highest BCUT2D eigenvalue weighted by Gasteiger charge is 2.44. The van der Waals surface area contributed by atoms with Crippen LogP contribution in [0.1, 0.15) is 49.9 Å². The molecule has 0 radical (unpaired) electrons. The summed E-state index contributed by atoms with van der Waals surface area (Å²) in [7, 11) is 0. The van der Waals surface area contributed by atoms with Gasteiger partial charge in [0.25, 0.3) is 0 Å². The van der Waals surface area contributed by atoms with Crippen molar-refractivity contribution in [2.75, 3.05) is 19.7 Å². The number of piperidine rings is 1. The molecule has 4 nitrogen and oxygen atoms in total. The zero-order chi connectivity index (χ0) is 17.7. The van der Waals surface area contributed by atoms with Crippen LogP contribution in [-0.4, -0.2) is 35.5 Å². The number of rotatable bonds is 2. The number of hydrogen-bond acceptors (Lipinski definition) is 3. The molecule has 0 amide bonds. The van der Waals surface area contributed by atoms with Crippen molar-refractivity contribution < 1.29 is 9.53 Å². The molecule has 2 fully saturated rings. The third-order valence-corrected chi connectivity index (χ3v) is 7.10. The van der Waals surface area contributed by atoms with Crippen LogP contribution in [0.5, 0.6) is 0 Å². The second kappa shape index (κ2) is 6.41.